The molecule has 2 rings (SSSR count). The van der Waals surface area contributed by atoms with Crippen molar-refractivity contribution in [3.05, 3.63) is 33.1 Å². The highest BCUT2D eigenvalue weighted by Gasteiger charge is 2.22. The zero-order valence-corrected chi connectivity index (χ0v) is 12.4. The minimum atomic E-state index is -3.64. The summed E-state index contributed by atoms with van der Waals surface area (Å²) in [6.45, 7) is 4.12. The number of nitrogens with zero attached hydrogens (tertiary/aromatic N) is 1. The van der Waals surface area contributed by atoms with Crippen LogP contribution in [0.15, 0.2) is 17.2 Å². The van der Waals surface area contributed by atoms with Gasteiger partial charge in [-0.1, -0.05) is 0 Å². The van der Waals surface area contributed by atoms with Crippen LogP contribution in [0.3, 0.4) is 0 Å². The zero-order valence-electron chi connectivity index (χ0n) is 10.7. The van der Waals surface area contributed by atoms with Gasteiger partial charge < -0.3 is 5.73 Å². The highest BCUT2D eigenvalue weighted by atomic mass is 32.2. The first-order valence-corrected chi connectivity index (χ1v) is 8.03. The number of sulfonamides is 1. The number of hydrogen-bond acceptors (Lipinski definition) is 5. The number of aryl methyl sites for hydroxylation is 2. The van der Waals surface area contributed by atoms with Gasteiger partial charge in [0.15, 0.2) is 5.03 Å². The van der Waals surface area contributed by atoms with Gasteiger partial charge >= 0.3 is 0 Å². The van der Waals surface area contributed by atoms with Gasteiger partial charge in [0.05, 0.1) is 0 Å². The Hall–Kier alpha value is -1.22. The Labute approximate surface area is 116 Å². The molecule has 6 nitrogen and oxygen atoms in total. The van der Waals surface area contributed by atoms with Crippen LogP contribution in [0.1, 0.15) is 21.0 Å². The Morgan fingerprint density at radius 2 is 2.16 bits per heavy atom. The number of H-pyrrole nitrogens is 1. The van der Waals surface area contributed by atoms with Crippen LogP contribution in [-0.2, 0) is 23.1 Å². The van der Waals surface area contributed by atoms with Crippen molar-refractivity contribution >= 4 is 21.4 Å². The number of aromatic nitrogens is 2. The quantitative estimate of drug-likeness (QED) is 0.767. The molecule has 0 aliphatic carbocycles. The highest BCUT2D eigenvalue weighted by Crippen LogP contribution is 2.18. The second-order valence-corrected chi connectivity index (χ2v) is 7.23. The number of thiophene rings is 1. The molecule has 0 bridgehead atoms. The minimum Gasteiger partial charge on any atom is -0.326 e. The molecule has 2 aromatic rings. The molecule has 0 radical (unpaired) electrons. The molecule has 0 saturated heterocycles. The van der Waals surface area contributed by atoms with E-state index in [4.69, 9.17) is 5.73 Å². The van der Waals surface area contributed by atoms with Gasteiger partial charge in [0, 0.05) is 34.1 Å². The van der Waals surface area contributed by atoms with Gasteiger partial charge in [0.25, 0.3) is 10.0 Å². The van der Waals surface area contributed by atoms with Crippen molar-refractivity contribution in [2.75, 3.05) is 0 Å². The summed E-state index contributed by atoms with van der Waals surface area (Å²) in [6.07, 6.45) is 0. The number of hydrogen-bond donors (Lipinski definition) is 3. The zero-order chi connectivity index (χ0) is 14.0. The summed E-state index contributed by atoms with van der Waals surface area (Å²) in [6, 6.07) is 3.86. The molecule has 19 heavy (non-hydrogen) atoms. The Morgan fingerprint density at radius 1 is 1.42 bits per heavy atom. The van der Waals surface area contributed by atoms with Gasteiger partial charge in [-0.2, -0.15) is 5.10 Å². The summed E-state index contributed by atoms with van der Waals surface area (Å²) in [5.41, 5.74) is 6.75. The number of nitrogens with two attached hydrogens (primary N) is 1. The predicted octanol–water partition coefficient (Wildman–Crippen LogP) is 1.03. The third kappa shape index (κ3) is 3.03. The molecule has 104 valence electrons. The van der Waals surface area contributed by atoms with E-state index in [9.17, 15) is 8.42 Å². The van der Waals surface area contributed by atoms with Crippen molar-refractivity contribution < 1.29 is 8.42 Å². The van der Waals surface area contributed by atoms with Crippen LogP contribution >= 0.6 is 11.3 Å². The van der Waals surface area contributed by atoms with E-state index in [0.29, 0.717) is 11.3 Å². The van der Waals surface area contributed by atoms with E-state index >= 15 is 0 Å². The molecular formula is C11H16N4O2S2. The van der Waals surface area contributed by atoms with Gasteiger partial charge in [-0.05, 0) is 26.0 Å². The van der Waals surface area contributed by atoms with Crippen LogP contribution in [0.5, 0.6) is 0 Å². The maximum atomic E-state index is 12.2. The summed E-state index contributed by atoms with van der Waals surface area (Å²) in [7, 11) is -3.64. The Balaban J connectivity index is 2.18. The molecule has 0 aromatic carbocycles. The van der Waals surface area contributed by atoms with Crippen molar-refractivity contribution in [1.82, 2.24) is 14.9 Å². The molecule has 0 aliphatic rings. The average Bonchev–Trinajstić information content (AvgIpc) is 2.93. The predicted molar refractivity (Wildman–Crippen MR) is 74.3 cm³/mol. The molecular weight excluding hydrogens is 284 g/mol. The van der Waals surface area contributed by atoms with Gasteiger partial charge in [0.2, 0.25) is 0 Å². The molecule has 0 unspecified atom stereocenters. The summed E-state index contributed by atoms with van der Waals surface area (Å²) in [5.74, 6) is 0. The lowest BCUT2D eigenvalue weighted by Crippen LogP contribution is -2.24. The lowest BCUT2D eigenvalue weighted by Gasteiger charge is -2.04. The summed E-state index contributed by atoms with van der Waals surface area (Å²) >= 11 is 1.56. The molecule has 0 saturated carbocycles. The topological polar surface area (TPSA) is 101 Å². The summed E-state index contributed by atoms with van der Waals surface area (Å²) in [5, 5.41) is 6.46. The molecule has 8 heteroatoms. The first kappa shape index (κ1) is 14.2. The standard InChI is InChI=1S/C11H16N4O2S2/c1-7-3-4-9(18-7)6-13-19(16,17)11-10(5-12)8(2)14-15-11/h3-4,13H,5-6,12H2,1-2H3,(H,14,15). The van der Waals surface area contributed by atoms with Crippen LogP contribution in [0.25, 0.3) is 0 Å². The third-order valence-corrected chi connectivity index (χ3v) is 5.10. The fourth-order valence-electron chi connectivity index (χ4n) is 1.71. The third-order valence-electron chi connectivity index (χ3n) is 2.73. The van der Waals surface area contributed by atoms with Gasteiger partial charge in [-0.15, -0.1) is 11.3 Å². The summed E-state index contributed by atoms with van der Waals surface area (Å²) in [4.78, 5) is 2.11. The van der Waals surface area contributed by atoms with Crippen molar-refractivity contribution in [3.8, 4) is 0 Å². The van der Waals surface area contributed by atoms with Crippen molar-refractivity contribution in [2.24, 2.45) is 5.73 Å². The molecule has 0 aliphatic heterocycles. The Bertz CT molecular complexity index is 673. The number of aromatic amines is 1. The van der Waals surface area contributed by atoms with E-state index < -0.39 is 10.0 Å². The van der Waals surface area contributed by atoms with E-state index in [1.807, 2.05) is 19.1 Å². The first-order valence-electron chi connectivity index (χ1n) is 5.73. The minimum absolute atomic E-state index is 0.0132. The first-order chi connectivity index (χ1) is 8.94. The fourth-order valence-corrected chi connectivity index (χ4v) is 3.84. The maximum Gasteiger partial charge on any atom is 0.260 e. The van der Waals surface area contributed by atoms with Crippen LogP contribution in [0.2, 0.25) is 0 Å². The average molecular weight is 300 g/mol. The van der Waals surface area contributed by atoms with E-state index in [0.717, 1.165) is 9.75 Å². The fraction of sp³-hybridized carbons (Fsp3) is 0.364. The van der Waals surface area contributed by atoms with Gasteiger partial charge in [0.1, 0.15) is 0 Å². The highest BCUT2D eigenvalue weighted by molar-refractivity contribution is 7.89. The van der Waals surface area contributed by atoms with Crippen LogP contribution in [-0.4, -0.2) is 18.6 Å². The number of rotatable bonds is 5. The summed E-state index contributed by atoms with van der Waals surface area (Å²) < 4.78 is 26.9. The van der Waals surface area contributed by atoms with E-state index in [-0.39, 0.29) is 18.1 Å². The molecule has 2 heterocycles. The molecule has 0 amide bonds. The SMILES string of the molecule is Cc1ccc(CNS(=O)(=O)c2n[nH]c(C)c2CN)s1. The number of nitrogens with one attached hydrogen (secondary N) is 2. The molecule has 2 aromatic heterocycles. The van der Waals surface area contributed by atoms with Crippen LogP contribution in [0.4, 0.5) is 0 Å². The van der Waals surface area contributed by atoms with E-state index in [1.165, 1.54) is 0 Å². The lowest BCUT2D eigenvalue weighted by atomic mass is 10.3. The lowest BCUT2D eigenvalue weighted by molar-refractivity contribution is 0.576. The smallest absolute Gasteiger partial charge is 0.260 e. The van der Waals surface area contributed by atoms with Crippen LogP contribution in [0, 0.1) is 13.8 Å². The van der Waals surface area contributed by atoms with Crippen molar-refractivity contribution in [2.45, 2.75) is 32.0 Å². The van der Waals surface area contributed by atoms with Crippen molar-refractivity contribution in [3.63, 3.8) is 0 Å². The maximum absolute atomic E-state index is 12.2. The van der Waals surface area contributed by atoms with Gasteiger partial charge in [-0.25, -0.2) is 13.1 Å². The Morgan fingerprint density at radius 3 is 2.74 bits per heavy atom. The normalized spacial score (nSPS) is 11.9. The monoisotopic (exact) mass is 300 g/mol. The Kier molecular flexibility index (Phi) is 4.04. The van der Waals surface area contributed by atoms with Gasteiger partial charge in [-0.3, -0.25) is 5.10 Å². The van der Waals surface area contributed by atoms with Crippen molar-refractivity contribution in [1.29, 1.82) is 0 Å². The largest absolute Gasteiger partial charge is 0.326 e. The molecule has 0 fully saturated rings. The van der Waals surface area contributed by atoms with E-state index in [2.05, 4.69) is 14.9 Å². The molecule has 0 spiro atoms. The van der Waals surface area contributed by atoms with Crippen LogP contribution < -0.4 is 10.5 Å². The second-order valence-electron chi connectivity index (χ2n) is 4.17. The van der Waals surface area contributed by atoms with E-state index in [1.54, 1.807) is 18.3 Å². The molecule has 0 atom stereocenters. The molecule has 4 N–H and O–H groups in total. The second kappa shape index (κ2) is 5.41.